The number of hydrogen-bond acceptors (Lipinski definition) is 4. The van der Waals surface area contributed by atoms with Crippen molar-refractivity contribution in [1.82, 2.24) is 25.0 Å². The van der Waals surface area contributed by atoms with E-state index in [2.05, 4.69) is 15.7 Å². The standard InChI is InChI=1S/C20H27N5O3/c1-15-9-10-22-25(15)13-11-21-18(26)14-24-12-5-8-17(20(24)28)19(27)23-16-6-3-2-4-7-16/h5,8-10,12,16H,2-4,6-7,11,13-14H2,1H3,(H,21,26)(H,23,27). The Bertz CT molecular complexity index is 880. The summed E-state index contributed by atoms with van der Waals surface area (Å²) in [5, 5.41) is 9.88. The zero-order valence-corrected chi connectivity index (χ0v) is 16.2. The highest BCUT2D eigenvalue weighted by molar-refractivity contribution is 5.94. The number of amides is 2. The summed E-state index contributed by atoms with van der Waals surface area (Å²) < 4.78 is 3.06. The smallest absolute Gasteiger partial charge is 0.263 e. The van der Waals surface area contributed by atoms with Crippen LogP contribution in [0.3, 0.4) is 0 Å². The average Bonchev–Trinajstić information content (AvgIpc) is 3.09. The molecule has 0 radical (unpaired) electrons. The quantitative estimate of drug-likeness (QED) is 0.749. The molecule has 1 fully saturated rings. The van der Waals surface area contributed by atoms with Crippen LogP contribution in [-0.4, -0.2) is 38.7 Å². The molecule has 2 aromatic heterocycles. The van der Waals surface area contributed by atoms with Gasteiger partial charge >= 0.3 is 0 Å². The molecular formula is C20H27N5O3. The molecule has 8 nitrogen and oxygen atoms in total. The van der Waals surface area contributed by atoms with E-state index in [4.69, 9.17) is 0 Å². The first-order valence-corrected chi connectivity index (χ1v) is 9.80. The van der Waals surface area contributed by atoms with Crippen molar-refractivity contribution in [2.45, 2.75) is 58.2 Å². The first-order valence-electron chi connectivity index (χ1n) is 9.80. The van der Waals surface area contributed by atoms with Gasteiger partial charge in [-0.2, -0.15) is 5.10 Å². The van der Waals surface area contributed by atoms with E-state index in [1.54, 1.807) is 16.9 Å². The van der Waals surface area contributed by atoms with E-state index in [0.29, 0.717) is 13.1 Å². The lowest BCUT2D eigenvalue weighted by atomic mass is 9.95. The first-order chi connectivity index (χ1) is 13.5. The number of rotatable bonds is 7. The lowest BCUT2D eigenvalue weighted by Crippen LogP contribution is -2.41. The lowest BCUT2D eigenvalue weighted by molar-refractivity contribution is -0.121. The molecule has 8 heteroatoms. The highest BCUT2D eigenvalue weighted by atomic mass is 16.2. The van der Waals surface area contributed by atoms with E-state index in [1.165, 1.54) is 23.3 Å². The molecule has 1 aliphatic carbocycles. The van der Waals surface area contributed by atoms with Gasteiger partial charge in [0.25, 0.3) is 11.5 Å². The molecule has 2 heterocycles. The number of pyridine rings is 1. The number of hydrogen-bond donors (Lipinski definition) is 2. The van der Waals surface area contributed by atoms with Crippen molar-refractivity contribution in [1.29, 1.82) is 0 Å². The van der Waals surface area contributed by atoms with Crippen LogP contribution in [0.2, 0.25) is 0 Å². The third kappa shape index (κ3) is 5.09. The lowest BCUT2D eigenvalue weighted by Gasteiger charge is -2.22. The minimum Gasteiger partial charge on any atom is -0.353 e. The van der Waals surface area contributed by atoms with Gasteiger partial charge in [0.2, 0.25) is 5.91 Å². The summed E-state index contributed by atoms with van der Waals surface area (Å²) in [6.07, 6.45) is 8.53. The van der Waals surface area contributed by atoms with Crippen molar-refractivity contribution in [3.63, 3.8) is 0 Å². The third-order valence-electron chi connectivity index (χ3n) is 5.09. The molecule has 1 aliphatic rings. The van der Waals surface area contributed by atoms with Gasteiger partial charge in [-0.15, -0.1) is 0 Å². The molecule has 0 saturated heterocycles. The Balaban J connectivity index is 1.55. The number of carbonyl (C=O) groups is 2. The summed E-state index contributed by atoms with van der Waals surface area (Å²) >= 11 is 0. The number of aryl methyl sites for hydroxylation is 1. The van der Waals surface area contributed by atoms with Gasteiger partial charge < -0.3 is 15.2 Å². The van der Waals surface area contributed by atoms with Crippen LogP contribution < -0.4 is 16.2 Å². The summed E-state index contributed by atoms with van der Waals surface area (Å²) in [6.45, 7) is 2.79. The van der Waals surface area contributed by atoms with Gasteiger partial charge in [0, 0.05) is 30.7 Å². The first kappa shape index (κ1) is 19.9. The van der Waals surface area contributed by atoms with Gasteiger partial charge in [-0.1, -0.05) is 19.3 Å². The Hall–Kier alpha value is -2.90. The molecule has 0 unspecified atom stereocenters. The van der Waals surface area contributed by atoms with Crippen molar-refractivity contribution >= 4 is 11.8 Å². The molecule has 0 aliphatic heterocycles. The molecule has 2 aromatic rings. The van der Waals surface area contributed by atoms with E-state index in [1.807, 2.05) is 13.0 Å². The van der Waals surface area contributed by atoms with Gasteiger partial charge in [0.1, 0.15) is 12.1 Å². The van der Waals surface area contributed by atoms with E-state index in [-0.39, 0.29) is 30.0 Å². The summed E-state index contributed by atoms with van der Waals surface area (Å²) in [7, 11) is 0. The molecule has 0 atom stereocenters. The second kappa shape index (κ2) is 9.34. The molecule has 3 rings (SSSR count). The van der Waals surface area contributed by atoms with Crippen LogP contribution in [0.25, 0.3) is 0 Å². The van der Waals surface area contributed by atoms with Crippen molar-refractivity contribution in [3.05, 3.63) is 52.2 Å². The predicted octanol–water partition coefficient (Wildman–Crippen LogP) is 1.23. The number of carbonyl (C=O) groups excluding carboxylic acids is 2. The van der Waals surface area contributed by atoms with Gasteiger partial charge in [-0.3, -0.25) is 19.1 Å². The summed E-state index contributed by atoms with van der Waals surface area (Å²) in [5.74, 6) is -0.641. The average molecular weight is 385 g/mol. The van der Waals surface area contributed by atoms with Crippen LogP contribution in [0.15, 0.2) is 35.4 Å². The Kier molecular flexibility index (Phi) is 6.62. The Morgan fingerprint density at radius 1 is 1.21 bits per heavy atom. The molecule has 0 spiro atoms. The van der Waals surface area contributed by atoms with Crippen LogP contribution >= 0.6 is 0 Å². The zero-order valence-electron chi connectivity index (χ0n) is 16.2. The number of nitrogens with one attached hydrogen (secondary N) is 2. The molecule has 1 saturated carbocycles. The fourth-order valence-corrected chi connectivity index (χ4v) is 3.49. The normalized spacial score (nSPS) is 14.6. The van der Waals surface area contributed by atoms with Gasteiger partial charge in [0.05, 0.1) is 6.54 Å². The summed E-state index contributed by atoms with van der Waals surface area (Å²) in [6, 6.07) is 5.15. The largest absolute Gasteiger partial charge is 0.353 e. The van der Waals surface area contributed by atoms with Crippen LogP contribution in [0.1, 0.15) is 48.2 Å². The van der Waals surface area contributed by atoms with Crippen LogP contribution in [0, 0.1) is 6.92 Å². The SMILES string of the molecule is Cc1ccnn1CCNC(=O)Cn1cccc(C(=O)NC2CCCCC2)c1=O. The maximum atomic E-state index is 12.6. The van der Waals surface area contributed by atoms with Crippen LogP contribution in [-0.2, 0) is 17.9 Å². The molecule has 28 heavy (non-hydrogen) atoms. The predicted molar refractivity (Wildman–Crippen MR) is 105 cm³/mol. The minimum absolute atomic E-state index is 0.0769. The topological polar surface area (TPSA) is 98.0 Å². The molecule has 150 valence electrons. The zero-order chi connectivity index (χ0) is 19.9. The monoisotopic (exact) mass is 385 g/mol. The van der Waals surface area contributed by atoms with Crippen molar-refractivity contribution in [2.75, 3.05) is 6.54 Å². The Morgan fingerprint density at radius 2 is 2.00 bits per heavy atom. The highest BCUT2D eigenvalue weighted by Gasteiger charge is 2.19. The van der Waals surface area contributed by atoms with Crippen molar-refractivity contribution in [2.24, 2.45) is 0 Å². The van der Waals surface area contributed by atoms with Crippen LogP contribution in [0.5, 0.6) is 0 Å². The van der Waals surface area contributed by atoms with E-state index in [0.717, 1.165) is 31.4 Å². The molecule has 0 bridgehead atoms. The van der Waals surface area contributed by atoms with Crippen molar-refractivity contribution in [3.8, 4) is 0 Å². The third-order valence-corrected chi connectivity index (χ3v) is 5.09. The molecule has 2 amide bonds. The minimum atomic E-state index is -0.450. The molecule has 0 aromatic carbocycles. The molecule has 2 N–H and O–H groups in total. The Morgan fingerprint density at radius 3 is 2.71 bits per heavy atom. The number of aromatic nitrogens is 3. The second-order valence-corrected chi connectivity index (χ2v) is 7.21. The fraction of sp³-hybridized carbons (Fsp3) is 0.500. The maximum absolute atomic E-state index is 12.6. The van der Waals surface area contributed by atoms with Gasteiger partial charge in [-0.25, -0.2) is 0 Å². The highest BCUT2D eigenvalue weighted by Crippen LogP contribution is 2.17. The van der Waals surface area contributed by atoms with E-state index >= 15 is 0 Å². The maximum Gasteiger partial charge on any atom is 0.263 e. The van der Waals surface area contributed by atoms with Gasteiger partial charge in [0.15, 0.2) is 0 Å². The fourth-order valence-electron chi connectivity index (χ4n) is 3.49. The molecular weight excluding hydrogens is 358 g/mol. The summed E-state index contributed by atoms with van der Waals surface area (Å²) in [4.78, 5) is 37.2. The Labute approximate surface area is 163 Å². The van der Waals surface area contributed by atoms with E-state index < -0.39 is 5.56 Å². The summed E-state index contributed by atoms with van der Waals surface area (Å²) in [5.41, 5.74) is 0.643. The van der Waals surface area contributed by atoms with Crippen molar-refractivity contribution < 1.29 is 9.59 Å². The number of nitrogens with zero attached hydrogens (tertiary/aromatic N) is 3. The van der Waals surface area contributed by atoms with Crippen LogP contribution in [0.4, 0.5) is 0 Å². The van der Waals surface area contributed by atoms with Gasteiger partial charge in [-0.05, 0) is 38.0 Å². The van der Waals surface area contributed by atoms with E-state index in [9.17, 15) is 14.4 Å². The second-order valence-electron chi connectivity index (χ2n) is 7.21.